The van der Waals surface area contributed by atoms with Crippen LogP contribution in [0.25, 0.3) is 0 Å². The van der Waals surface area contributed by atoms with E-state index in [0.29, 0.717) is 10.8 Å². The molecule has 0 aromatic heterocycles. The van der Waals surface area contributed by atoms with Gasteiger partial charge in [0, 0.05) is 4.87 Å². The molecule has 0 aliphatic heterocycles. The molecule has 0 aromatic carbocycles. The van der Waals surface area contributed by atoms with Crippen LogP contribution in [0.15, 0.2) is 0 Å². The van der Waals surface area contributed by atoms with Crippen LogP contribution in [-0.2, 0) is 0 Å². The second-order valence-corrected chi connectivity index (χ2v) is 9.69. The topological polar surface area (TPSA) is 0 Å². The van der Waals surface area contributed by atoms with Crippen molar-refractivity contribution in [1.29, 1.82) is 0 Å². The summed E-state index contributed by atoms with van der Waals surface area (Å²) in [6.07, 6.45) is 14.0. The molecule has 4 aliphatic rings. The predicted octanol–water partition coefficient (Wildman–Crippen LogP) is 6.17. The van der Waals surface area contributed by atoms with Crippen molar-refractivity contribution in [3.05, 3.63) is 0 Å². The largest absolute Gasteiger partial charge is 0.119 e. The molecule has 4 rings (SSSR count). The Balaban J connectivity index is 1.61. The van der Waals surface area contributed by atoms with E-state index < -0.39 is 0 Å². The Kier molecular flexibility index (Phi) is 3.48. The highest BCUT2D eigenvalue weighted by molar-refractivity contribution is 6.24. The maximum atomic E-state index is 6.66. The van der Waals surface area contributed by atoms with Crippen molar-refractivity contribution < 1.29 is 0 Å². The van der Waals surface area contributed by atoms with Gasteiger partial charge in [0.15, 0.2) is 0 Å². The maximum absolute atomic E-state index is 6.66. The van der Waals surface area contributed by atoms with Crippen LogP contribution in [0.3, 0.4) is 0 Å². The molecular weight excluding hydrogens is 252 g/mol. The molecule has 19 heavy (non-hydrogen) atoms. The third kappa shape index (κ3) is 2.71. The van der Waals surface area contributed by atoms with E-state index in [1.165, 1.54) is 64.2 Å². The average Bonchev–Trinajstić information content (AvgIpc) is 2.37. The molecule has 0 N–H and O–H groups in total. The van der Waals surface area contributed by atoms with Gasteiger partial charge in [0.25, 0.3) is 0 Å². The SMILES string of the molecule is CC1CC(CC23CCC(Cl)(CC2)CC3)CCC1(C)C. The molecule has 4 aliphatic carbocycles. The molecule has 0 saturated heterocycles. The molecule has 4 fully saturated rings. The Morgan fingerprint density at radius 1 is 0.947 bits per heavy atom. The summed E-state index contributed by atoms with van der Waals surface area (Å²) in [6, 6.07) is 0. The van der Waals surface area contributed by atoms with Gasteiger partial charge in [0.1, 0.15) is 0 Å². The molecule has 0 heterocycles. The van der Waals surface area contributed by atoms with Gasteiger partial charge in [0.05, 0.1) is 0 Å². The predicted molar refractivity (Wildman–Crippen MR) is 83.6 cm³/mol. The standard InChI is InChI=1S/C18H31Cl/c1-14-12-15(4-5-16(14,2)3)13-17-6-9-18(19,10-7-17)11-8-17/h14-15H,4-13H2,1-3H3. The second kappa shape index (κ2) is 4.65. The lowest BCUT2D eigenvalue weighted by molar-refractivity contribution is 0.0225. The van der Waals surface area contributed by atoms with Crippen molar-refractivity contribution in [3.63, 3.8) is 0 Å². The normalized spacial score (nSPS) is 49.3. The van der Waals surface area contributed by atoms with Gasteiger partial charge in [-0.25, -0.2) is 0 Å². The monoisotopic (exact) mass is 282 g/mol. The van der Waals surface area contributed by atoms with Crippen LogP contribution in [0.5, 0.6) is 0 Å². The van der Waals surface area contributed by atoms with Crippen molar-refractivity contribution in [3.8, 4) is 0 Å². The van der Waals surface area contributed by atoms with E-state index in [-0.39, 0.29) is 4.87 Å². The third-order valence-electron chi connectivity index (χ3n) is 7.25. The summed E-state index contributed by atoms with van der Waals surface area (Å²) in [4.78, 5) is 0.212. The van der Waals surface area contributed by atoms with Crippen LogP contribution >= 0.6 is 11.6 Å². The second-order valence-electron chi connectivity index (χ2n) is 8.89. The van der Waals surface area contributed by atoms with E-state index in [2.05, 4.69) is 20.8 Å². The molecule has 1 heteroatoms. The molecule has 110 valence electrons. The number of alkyl halides is 1. The van der Waals surface area contributed by atoms with E-state index in [0.717, 1.165) is 11.8 Å². The van der Waals surface area contributed by atoms with Gasteiger partial charge in [-0.1, -0.05) is 20.8 Å². The minimum absolute atomic E-state index is 0.212. The Bertz CT molecular complexity index is 319. The van der Waals surface area contributed by atoms with Gasteiger partial charge in [-0.05, 0) is 86.9 Å². The number of hydrogen-bond donors (Lipinski definition) is 0. The summed E-state index contributed by atoms with van der Waals surface area (Å²) >= 11 is 6.66. The molecule has 0 amide bonds. The van der Waals surface area contributed by atoms with Crippen LogP contribution in [0.4, 0.5) is 0 Å². The van der Waals surface area contributed by atoms with E-state index in [4.69, 9.17) is 11.6 Å². The highest BCUT2D eigenvalue weighted by atomic mass is 35.5. The minimum atomic E-state index is 0.212. The van der Waals surface area contributed by atoms with Gasteiger partial charge in [-0.15, -0.1) is 11.6 Å². The fourth-order valence-electron chi connectivity index (χ4n) is 5.08. The molecule has 2 bridgehead atoms. The van der Waals surface area contributed by atoms with Crippen LogP contribution in [0.2, 0.25) is 0 Å². The average molecular weight is 283 g/mol. The van der Waals surface area contributed by atoms with E-state index in [1.54, 1.807) is 0 Å². The van der Waals surface area contributed by atoms with Gasteiger partial charge in [-0.3, -0.25) is 0 Å². The molecule has 2 atom stereocenters. The zero-order valence-corrected chi connectivity index (χ0v) is 13.9. The minimum Gasteiger partial charge on any atom is -0.119 e. The third-order valence-corrected chi connectivity index (χ3v) is 7.82. The lowest BCUT2D eigenvalue weighted by Gasteiger charge is -2.53. The summed E-state index contributed by atoms with van der Waals surface area (Å²) < 4.78 is 0. The summed E-state index contributed by atoms with van der Waals surface area (Å²) in [5, 5.41) is 0. The van der Waals surface area contributed by atoms with Crippen LogP contribution in [-0.4, -0.2) is 4.87 Å². The Morgan fingerprint density at radius 2 is 1.53 bits per heavy atom. The van der Waals surface area contributed by atoms with Crippen LogP contribution in [0, 0.1) is 22.7 Å². The first-order valence-electron chi connectivity index (χ1n) is 8.52. The first-order valence-corrected chi connectivity index (χ1v) is 8.89. The molecular formula is C18H31Cl. The van der Waals surface area contributed by atoms with Crippen molar-refractivity contribution in [2.75, 3.05) is 0 Å². The highest BCUT2D eigenvalue weighted by Crippen LogP contribution is 2.59. The van der Waals surface area contributed by atoms with E-state index in [9.17, 15) is 0 Å². The molecule has 0 aromatic rings. The summed E-state index contributed by atoms with van der Waals surface area (Å²) in [5.74, 6) is 1.91. The zero-order chi connectivity index (χ0) is 13.7. The quantitative estimate of drug-likeness (QED) is 0.531. The van der Waals surface area contributed by atoms with Crippen molar-refractivity contribution in [2.45, 2.75) is 89.9 Å². The Labute approximate surface area is 124 Å². The van der Waals surface area contributed by atoms with Crippen LogP contribution < -0.4 is 0 Å². The maximum Gasteiger partial charge on any atom is 0.0447 e. The van der Waals surface area contributed by atoms with Gasteiger partial charge in [-0.2, -0.15) is 0 Å². The highest BCUT2D eigenvalue weighted by Gasteiger charge is 2.48. The van der Waals surface area contributed by atoms with Gasteiger partial charge < -0.3 is 0 Å². The first kappa shape index (κ1) is 14.2. The zero-order valence-electron chi connectivity index (χ0n) is 13.1. The fraction of sp³-hybridized carbons (Fsp3) is 1.00. The van der Waals surface area contributed by atoms with E-state index >= 15 is 0 Å². The number of hydrogen-bond acceptors (Lipinski definition) is 0. The Hall–Kier alpha value is 0.290. The lowest BCUT2D eigenvalue weighted by Crippen LogP contribution is -2.44. The van der Waals surface area contributed by atoms with Crippen molar-refractivity contribution in [2.24, 2.45) is 22.7 Å². The summed E-state index contributed by atoms with van der Waals surface area (Å²) in [6.45, 7) is 7.42. The number of fused-ring (bicyclic) bond motifs is 3. The molecule has 0 radical (unpaired) electrons. The number of halogens is 1. The first-order chi connectivity index (χ1) is 8.83. The Morgan fingerprint density at radius 3 is 2.05 bits per heavy atom. The summed E-state index contributed by atoms with van der Waals surface area (Å²) in [7, 11) is 0. The molecule has 4 saturated carbocycles. The summed E-state index contributed by atoms with van der Waals surface area (Å²) in [5.41, 5.74) is 1.28. The smallest absolute Gasteiger partial charge is 0.0447 e. The van der Waals surface area contributed by atoms with Crippen molar-refractivity contribution in [1.82, 2.24) is 0 Å². The van der Waals surface area contributed by atoms with Gasteiger partial charge in [0.2, 0.25) is 0 Å². The van der Waals surface area contributed by atoms with Crippen LogP contribution in [0.1, 0.15) is 85.0 Å². The van der Waals surface area contributed by atoms with Gasteiger partial charge >= 0.3 is 0 Å². The van der Waals surface area contributed by atoms with E-state index in [1.807, 2.05) is 0 Å². The fourth-order valence-corrected chi connectivity index (χ4v) is 5.36. The van der Waals surface area contributed by atoms with Crippen molar-refractivity contribution >= 4 is 11.6 Å². The molecule has 2 unspecified atom stereocenters. The number of rotatable bonds is 2. The molecule has 0 spiro atoms. The molecule has 0 nitrogen and oxygen atoms in total. The lowest BCUT2D eigenvalue weighted by atomic mass is 9.55.